The summed E-state index contributed by atoms with van der Waals surface area (Å²) in [5, 5.41) is 29.2. The maximum absolute atomic E-state index is 12.2. The van der Waals surface area contributed by atoms with E-state index in [0.717, 1.165) is 44.9 Å². The molecule has 5 nitrogen and oxygen atoms in total. The average Bonchev–Trinajstić information content (AvgIpc) is 2.82. The summed E-state index contributed by atoms with van der Waals surface area (Å²) >= 11 is 0. The third-order valence-corrected chi connectivity index (χ3v) is 5.37. The Morgan fingerprint density at radius 3 is 2.58 bits per heavy atom. The number of carbonyl (C=O) groups is 2. The van der Waals surface area contributed by atoms with Gasteiger partial charge in [-0.2, -0.15) is 0 Å². The van der Waals surface area contributed by atoms with Crippen molar-refractivity contribution in [3.05, 3.63) is 12.2 Å². The van der Waals surface area contributed by atoms with Gasteiger partial charge in [0, 0.05) is 24.7 Å². The van der Waals surface area contributed by atoms with E-state index in [0.29, 0.717) is 12.8 Å². The minimum Gasteiger partial charge on any atom is -0.481 e. The first-order chi connectivity index (χ1) is 12.3. The SMILES string of the molecule is CCCCC(C)(O)C/C=C/[C@H]1[C@@H](O)CC(=O)[C@@H]1CCCCCCC(=O)O. The van der Waals surface area contributed by atoms with Crippen LogP contribution in [0.25, 0.3) is 0 Å². The van der Waals surface area contributed by atoms with E-state index < -0.39 is 17.7 Å². The first-order valence-electron chi connectivity index (χ1n) is 10.1. The Morgan fingerprint density at radius 2 is 1.92 bits per heavy atom. The van der Waals surface area contributed by atoms with Gasteiger partial charge >= 0.3 is 5.97 Å². The molecule has 1 saturated carbocycles. The van der Waals surface area contributed by atoms with Gasteiger partial charge in [0.15, 0.2) is 0 Å². The van der Waals surface area contributed by atoms with Gasteiger partial charge < -0.3 is 15.3 Å². The molecule has 150 valence electrons. The second-order valence-electron chi connectivity index (χ2n) is 8.00. The van der Waals surface area contributed by atoms with Gasteiger partial charge in [0.25, 0.3) is 0 Å². The molecule has 0 aliphatic heterocycles. The van der Waals surface area contributed by atoms with Crippen LogP contribution in [0.1, 0.15) is 84.5 Å². The molecule has 0 aromatic carbocycles. The van der Waals surface area contributed by atoms with Crippen LogP contribution in [0.4, 0.5) is 0 Å². The number of carboxylic acids is 1. The van der Waals surface area contributed by atoms with Gasteiger partial charge in [0.05, 0.1) is 11.7 Å². The van der Waals surface area contributed by atoms with Crippen LogP contribution in [-0.4, -0.2) is 38.8 Å². The Labute approximate surface area is 157 Å². The standard InChI is InChI=1S/C21H36O5/c1-3-4-13-21(2,26)14-9-11-17-16(18(22)15-19(17)23)10-7-5-6-8-12-20(24)25/h9,11,16-17,19,23,26H,3-8,10,12-15H2,1-2H3,(H,24,25)/b11-9+/t16-,17-,19+,21?/m1/s1. The number of rotatable bonds is 13. The van der Waals surface area contributed by atoms with Crippen LogP contribution in [0.5, 0.6) is 0 Å². The van der Waals surface area contributed by atoms with Gasteiger partial charge in [-0.3, -0.25) is 9.59 Å². The maximum atomic E-state index is 12.2. The molecule has 0 aromatic heterocycles. The zero-order valence-corrected chi connectivity index (χ0v) is 16.3. The van der Waals surface area contributed by atoms with Crippen molar-refractivity contribution in [1.29, 1.82) is 0 Å². The van der Waals surface area contributed by atoms with E-state index in [1.807, 2.05) is 19.1 Å². The van der Waals surface area contributed by atoms with Crippen molar-refractivity contribution >= 4 is 11.8 Å². The largest absolute Gasteiger partial charge is 0.481 e. The highest BCUT2D eigenvalue weighted by atomic mass is 16.4. The Morgan fingerprint density at radius 1 is 1.23 bits per heavy atom. The van der Waals surface area contributed by atoms with Crippen LogP contribution in [0.2, 0.25) is 0 Å². The van der Waals surface area contributed by atoms with Crippen LogP contribution in [0, 0.1) is 11.8 Å². The molecule has 1 aliphatic carbocycles. The lowest BCUT2D eigenvalue weighted by Gasteiger charge is -2.22. The van der Waals surface area contributed by atoms with E-state index in [-0.39, 0.29) is 30.5 Å². The zero-order valence-electron chi connectivity index (χ0n) is 16.3. The van der Waals surface area contributed by atoms with Crippen LogP contribution < -0.4 is 0 Å². The molecule has 0 heterocycles. The highest BCUT2D eigenvalue weighted by Crippen LogP contribution is 2.34. The maximum Gasteiger partial charge on any atom is 0.303 e. The van der Waals surface area contributed by atoms with Crippen molar-refractivity contribution in [3.63, 3.8) is 0 Å². The molecular weight excluding hydrogens is 332 g/mol. The van der Waals surface area contributed by atoms with Gasteiger partial charge in [0.1, 0.15) is 5.78 Å². The van der Waals surface area contributed by atoms with Gasteiger partial charge in [0.2, 0.25) is 0 Å². The topological polar surface area (TPSA) is 94.8 Å². The fourth-order valence-corrected chi connectivity index (χ4v) is 3.72. The van der Waals surface area contributed by atoms with Crippen molar-refractivity contribution in [2.75, 3.05) is 0 Å². The molecule has 0 radical (unpaired) electrons. The monoisotopic (exact) mass is 368 g/mol. The zero-order chi connectivity index (χ0) is 19.6. The molecule has 5 heteroatoms. The summed E-state index contributed by atoms with van der Waals surface area (Å²) in [6, 6.07) is 0. The number of aliphatic hydroxyl groups excluding tert-OH is 1. The summed E-state index contributed by atoms with van der Waals surface area (Å²) in [6.07, 6.45) is 11.0. The lowest BCUT2D eigenvalue weighted by Crippen LogP contribution is -2.23. The van der Waals surface area contributed by atoms with Gasteiger partial charge in [-0.15, -0.1) is 0 Å². The lowest BCUT2D eigenvalue weighted by atomic mass is 9.87. The average molecular weight is 369 g/mol. The Hall–Kier alpha value is -1.20. The van der Waals surface area contributed by atoms with Gasteiger partial charge in [-0.05, 0) is 32.6 Å². The van der Waals surface area contributed by atoms with E-state index in [1.165, 1.54) is 0 Å². The van der Waals surface area contributed by atoms with E-state index in [2.05, 4.69) is 6.92 Å². The summed E-state index contributed by atoms with van der Waals surface area (Å²) in [5.74, 6) is -0.959. The summed E-state index contributed by atoms with van der Waals surface area (Å²) < 4.78 is 0. The third-order valence-electron chi connectivity index (χ3n) is 5.37. The molecule has 0 aromatic rings. The second-order valence-corrected chi connectivity index (χ2v) is 8.00. The van der Waals surface area contributed by atoms with Crippen molar-refractivity contribution in [1.82, 2.24) is 0 Å². The van der Waals surface area contributed by atoms with Crippen molar-refractivity contribution in [2.45, 2.75) is 96.2 Å². The molecular formula is C21H36O5. The number of carbonyl (C=O) groups excluding carboxylic acids is 1. The predicted molar refractivity (Wildman–Crippen MR) is 102 cm³/mol. The fraction of sp³-hybridized carbons (Fsp3) is 0.810. The summed E-state index contributed by atoms with van der Waals surface area (Å²) in [4.78, 5) is 22.7. The molecule has 1 fully saturated rings. The number of unbranched alkanes of at least 4 members (excludes halogenated alkanes) is 4. The molecule has 0 bridgehead atoms. The highest BCUT2D eigenvalue weighted by Gasteiger charge is 2.39. The molecule has 26 heavy (non-hydrogen) atoms. The Bertz CT molecular complexity index is 469. The Balaban J connectivity index is 2.44. The minimum atomic E-state index is -0.765. The highest BCUT2D eigenvalue weighted by molar-refractivity contribution is 5.84. The van der Waals surface area contributed by atoms with Crippen molar-refractivity contribution in [2.24, 2.45) is 11.8 Å². The molecule has 1 unspecified atom stereocenters. The van der Waals surface area contributed by atoms with E-state index in [9.17, 15) is 19.8 Å². The Kier molecular flexibility index (Phi) is 10.1. The van der Waals surface area contributed by atoms with Gasteiger partial charge in [-0.25, -0.2) is 0 Å². The third kappa shape index (κ3) is 8.45. The molecule has 4 atom stereocenters. The van der Waals surface area contributed by atoms with Crippen molar-refractivity contribution < 1.29 is 24.9 Å². The number of aliphatic hydroxyl groups is 2. The van der Waals surface area contributed by atoms with E-state index >= 15 is 0 Å². The number of hydrogen-bond acceptors (Lipinski definition) is 4. The normalized spacial score (nSPS) is 25.7. The number of carboxylic acid groups (broad SMARTS) is 1. The van der Waals surface area contributed by atoms with Crippen molar-refractivity contribution in [3.8, 4) is 0 Å². The number of Topliss-reactive ketones (excluding diaryl/α,β-unsaturated/α-hetero) is 1. The smallest absolute Gasteiger partial charge is 0.303 e. The summed E-state index contributed by atoms with van der Waals surface area (Å²) in [5.41, 5.74) is -0.736. The number of aliphatic carboxylic acids is 1. The molecule has 0 saturated heterocycles. The molecule has 0 amide bonds. The molecule has 3 N–H and O–H groups in total. The first kappa shape index (κ1) is 22.8. The van der Waals surface area contributed by atoms with Crippen LogP contribution >= 0.6 is 0 Å². The first-order valence-corrected chi connectivity index (χ1v) is 10.1. The number of ketones is 1. The van der Waals surface area contributed by atoms with Gasteiger partial charge in [-0.1, -0.05) is 51.2 Å². The minimum absolute atomic E-state index is 0.121. The van der Waals surface area contributed by atoms with E-state index in [1.54, 1.807) is 0 Å². The summed E-state index contributed by atoms with van der Waals surface area (Å²) in [7, 11) is 0. The van der Waals surface area contributed by atoms with E-state index in [4.69, 9.17) is 5.11 Å². The second kappa shape index (κ2) is 11.5. The summed E-state index contributed by atoms with van der Waals surface area (Å²) in [6.45, 7) is 3.93. The predicted octanol–water partition coefficient (Wildman–Crippen LogP) is 3.87. The van der Waals surface area contributed by atoms with Crippen LogP contribution in [0.15, 0.2) is 12.2 Å². The molecule has 0 spiro atoms. The fourth-order valence-electron chi connectivity index (χ4n) is 3.72. The molecule has 1 aliphatic rings. The molecule has 1 rings (SSSR count). The number of hydrogen-bond donors (Lipinski definition) is 3. The lowest BCUT2D eigenvalue weighted by molar-refractivity contribution is -0.137. The van der Waals surface area contributed by atoms with Crippen LogP contribution in [-0.2, 0) is 9.59 Å². The van der Waals surface area contributed by atoms with Crippen LogP contribution in [0.3, 0.4) is 0 Å². The quantitative estimate of drug-likeness (QED) is 0.339.